The summed E-state index contributed by atoms with van der Waals surface area (Å²) in [5, 5.41) is 5.96. The Bertz CT molecular complexity index is 737. The molecule has 0 bridgehead atoms. The van der Waals surface area contributed by atoms with Crippen molar-refractivity contribution >= 4 is 35.0 Å². The molecule has 0 aliphatic heterocycles. The average molecular weight is 347 g/mol. The van der Waals surface area contributed by atoms with Crippen LogP contribution < -0.4 is 10.6 Å². The molecule has 2 rings (SSSR count). The predicted octanol–water partition coefficient (Wildman–Crippen LogP) is 4.94. The Morgan fingerprint density at radius 2 is 1.62 bits per heavy atom. The van der Waals surface area contributed by atoms with Crippen molar-refractivity contribution in [2.45, 2.75) is 26.4 Å². The van der Waals surface area contributed by atoms with Gasteiger partial charge in [-0.25, -0.2) is 4.79 Å². The van der Waals surface area contributed by atoms with Crippen LogP contribution >= 0.6 is 11.6 Å². The first-order chi connectivity index (χ1) is 11.2. The van der Waals surface area contributed by atoms with Crippen LogP contribution in [0.4, 0.5) is 16.2 Å². The van der Waals surface area contributed by atoms with E-state index < -0.39 is 11.7 Å². The molecule has 2 aromatic carbocycles. The van der Waals surface area contributed by atoms with Crippen molar-refractivity contribution < 1.29 is 14.3 Å². The lowest BCUT2D eigenvalue weighted by molar-refractivity contribution is 0.0635. The summed E-state index contributed by atoms with van der Waals surface area (Å²) in [6.45, 7) is 5.34. The normalized spacial score (nSPS) is 10.8. The van der Waals surface area contributed by atoms with Crippen molar-refractivity contribution in [2.24, 2.45) is 0 Å². The largest absolute Gasteiger partial charge is 0.444 e. The first kappa shape index (κ1) is 17.8. The lowest BCUT2D eigenvalue weighted by Crippen LogP contribution is -2.27. The minimum atomic E-state index is -0.590. The number of halogens is 1. The molecule has 0 saturated carbocycles. The molecule has 0 heterocycles. The Morgan fingerprint density at radius 1 is 0.958 bits per heavy atom. The number of hydrogen-bond donors (Lipinski definition) is 2. The Morgan fingerprint density at radius 3 is 2.25 bits per heavy atom. The molecule has 0 unspecified atom stereocenters. The number of amides is 2. The lowest BCUT2D eigenvalue weighted by Gasteiger charge is -2.19. The zero-order valence-electron chi connectivity index (χ0n) is 13.7. The number of benzene rings is 2. The van der Waals surface area contributed by atoms with Gasteiger partial charge in [0.25, 0.3) is 5.91 Å². The summed E-state index contributed by atoms with van der Waals surface area (Å²) in [6.07, 6.45) is -0.572. The van der Waals surface area contributed by atoms with E-state index >= 15 is 0 Å². The highest BCUT2D eigenvalue weighted by Gasteiger charge is 2.16. The monoisotopic (exact) mass is 346 g/mol. The molecule has 0 aliphatic carbocycles. The molecular weight excluding hydrogens is 328 g/mol. The van der Waals surface area contributed by atoms with Crippen molar-refractivity contribution in [3.63, 3.8) is 0 Å². The van der Waals surface area contributed by atoms with Crippen molar-refractivity contribution in [1.29, 1.82) is 0 Å². The molecule has 2 amide bonds. The average Bonchev–Trinajstić information content (AvgIpc) is 2.48. The third-order valence-corrected chi connectivity index (χ3v) is 3.12. The highest BCUT2D eigenvalue weighted by atomic mass is 35.5. The van der Waals surface area contributed by atoms with Gasteiger partial charge in [-0.3, -0.25) is 10.1 Å². The predicted molar refractivity (Wildman–Crippen MR) is 95.7 cm³/mol. The summed E-state index contributed by atoms with van der Waals surface area (Å²) >= 11 is 5.82. The van der Waals surface area contributed by atoms with E-state index in [0.717, 1.165) is 0 Å². The molecule has 5 nitrogen and oxygen atoms in total. The second-order valence-electron chi connectivity index (χ2n) is 6.17. The molecule has 0 spiro atoms. The van der Waals surface area contributed by atoms with Crippen molar-refractivity contribution in [3.05, 3.63) is 59.1 Å². The Kier molecular flexibility index (Phi) is 5.46. The van der Waals surface area contributed by atoms with E-state index in [-0.39, 0.29) is 5.91 Å². The van der Waals surface area contributed by atoms with E-state index in [4.69, 9.17) is 16.3 Å². The number of hydrogen-bond acceptors (Lipinski definition) is 3. The fourth-order valence-corrected chi connectivity index (χ4v) is 2.02. The zero-order chi connectivity index (χ0) is 17.7. The van der Waals surface area contributed by atoms with Crippen LogP contribution in [-0.4, -0.2) is 17.6 Å². The number of rotatable bonds is 3. The van der Waals surface area contributed by atoms with Crippen LogP contribution in [-0.2, 0) is 4.74 Å². The first-order valence-corrected chi connectivity index (χ1v) is 7.78. The van der Waals surface area contributed by atoms with Crippen LogP contribution in [0.3, 0.4) is 0 Å². The number of nitrogens with one attached hydrogen (secondary N) is 2. The van der Waals surface area contributed by atoms with Crippen molar-refractivity contribution in [2.75, 3.05) is 10.6 Å². The van der Waals surface area contributed by atoms with Gasteiger partial charge in [-0.05, 0) is 63.2 Å². The molecule has 126 valence electrons. The van der Waals surface area contributed by atoms with Gasteiger partial charge in [-0.1, -0.05) is 17.7 Å². The zero-order valence-corrected chi connectivity index (χ0v) is 14.5. The summed E-state index contributed by atoms with van der Waals surface area (Å²) < 4.78 is 5.19. The van der Waals surface area contributed by atoms with Gasteiger partial charge in [0.15, 0.2) is 0 Å². The minimum absolute atomic E-state index is 0.287. The molecule has 24 heavy (non-hydrogen) atoms. The van der Waals surface area contributed by atoms with Crippen LogP contribution in [0.25, 0.3) is 0 Å². The molecule has 2 aromatic rings. The van der Waals surface area contributed by atoms with Gasteiger partial charge >= 0.3 is 6.09 Å². The van der Waals surface area contributed by atoms with E-state index in [2.05, 4.69) is 10.6 Å². The second-order valence-corrected chi connectivity index (χ2v) is 6.61. The third-order valence-electron chi connectivity index (χ3n) is 2.87. The van der Waals surface area contributed by atoms with Crippen LogP contribution in [0.1, 0.15) is 31.1 Å². The fraction of sp³-hybridized carbons (Fsp3) is 0.222. The van der Waals surface area contributed by atoms with Crippen LogP contribution in [0, 0.1) is 0 Å². The summed E-state index contributed by atoms with van der Waals surface area (Å²) in [7, 11) is 0. The maximum Gasteiger partial charge on any atom is 0.412 e. The molecule has 0 aromatic heterocycles. The maximum atomic E-state index is 12.3. The first-order valence-electron chi connectivity index (χ1n) is 7.40. The van der Waals surface area contributed by atoms with Crippen LogP contribution in [0.2, 0.25) is 5.02 Å². The summed E-state index contributed by atoms with van der Waals surface area (Å²) in [6, 6.07) is 13.4. The van der Waals surface area contributed by atoms with Gasteiger partial charge in [0.2, 0.25) is 0 Å². The number of anilines is 2. The van der Waals surface area contributed by atoms with Gasteiger partial charge in [0.05, 0.1) is 0 Å². The van der Waals surface area contributed by atoms with Gasteiger partial charge in [-0.15, -0.1) is 0 Å². The molecule has 0 saturated heterocycles. The topological polar surface area (TPSA) is 67.4 Å². The highest BCUT2D eigenvalue weighted by molar-refractivity contribution is 6.30. The molecule has 6 heteroatoms. The number of ether oxygens (including phenoxy) is 1. The van der Waals surface area contributed by atoms with E-state index in [1.165, 1.54) is 0 Å². The van der Waals surface area contributed by atoms with E-state index in [9.17, 15) is 9.59 Å². The maximum absolute atomic E-state index is 12.3. The SMILES string of the molecule is CC(C)(C)OC(=O)Nc1cccc(C(=O)Nc2ccc(Cl)cc2)c1. The molecule has 0 atom stereocenters. The molecule has 0 aliphatic rings. The van der Waals surface area contributed by atoms with Gasteiger partial charge < -0.3 is 10.1 Å². The van der Waals surface area contributed by atoms with E-state index in [0.29, 0.717) is 22.0 Å². The van der Waals surface area contributed by atoms with Gasteiger partial charge in [-0.2, -0.15) is 0 Å². The Labute approximate surface area is 146 Å². The van der Waals surface area contributed by atoms with Crippen molar-refractivity contribution in [1.82, 2.24) is 0 Å². The smallest absolute Gasteiger partial charge is 0.412 e. The standard InChI is InChI=1S/C18H19ClN2O3/c1-18(2,3)24-17(23)21-15-6-4-5-12(11-15)16(22)20-14-9-7-13(19)8-10-14/h4-11H,1-3H3,(H,20,22)(H,21,23). The van der Waals surface area contributed by atoms with E-state index in [1.54, 1.807) is 69.3 Å². The Hall–Kier alpha value is -2.53. The Balaban J connectivity index is 2.05. The quantitative estimate of drug-likeness (QED) is 0.827. The second kappa shape index (κ2) is 7.36. The number of carbonyl (C=O) groups is 2. The van der Waals surface area contributed by atoms with Gasteiger partial charge in [0.1, 0.15) is 5.60 Å². The summed E-state index contributed by atoms with van der Waals surface area (Å²) in [4.78, 5) is 24.1. The summed E-state index contributed by atoms with van der Waals surface area (Å²) in [5.41, 5.74) is 0.939. The fourth-order valence-electron chi connectivity index (χ4n) is 1.90. The van der Waals surface area contributed by atoms with Crippen LogP contribution in [0.15, 0.2) is 48.5 Å². The molecule has 2 N–H and O–H groups in total. The molecule has 0 radical (unpaired) electrons. The number of carbonyl (C=O) groups excluding carboxylic acids is 2. The van der Waals surface area contributed by atoms with Gasteiger partial charge in [0, 0.05) is 22.0 Å². The minimum Gasteiger partial charge on any atom is -0.444 e. The lowest BCUT2D eigenvalue weighted by atomic mass is 10.2. The molecule has 0 fully saturated rings. The molecular formula is C18H19ClN2O3. The van der Waals surface area contributed by atoms with E-state index in [1.807, 2.05) is 0 Å². The van der Waals surface area contributed by atoms with Crippen molar-refractivity contribution in [3.8, 4) is 0 Å². The van der Waals surface area contributed by atoms with Crippen LogP contribution in [0.5, 0.6) is 0 Å². The summed E-state index contributed by atoms with van der Waals surface area (Å²) in [5.74, 6) is -0.287. The third kappa shape index (κ3) is 5.59. The highest BCUT2D eigenvalue weighted by Crippen LogP contribution is 2.17.